The van der Waals surface area contributed by atoms with Crippen LogP contribution in [0.25, 0.3) is 0 Å². The molecule has 4 nitrogen and oxygen atoms in total. The number of carbonyl (C=O) groups is 1. The van der Waals surface area contributed by atoms with E-state index in [0.29, 0.717) is 24.7 Å². The molecule has 2 atom stereocenters. The molecule has 0 aromatic rings. The number of carboxylic acid groups (broad SMARTS) is 1. The van der Waals surface area contributed by atoms with Gasteiger partial charge in [0, 0.05) is 31.2 Å². The average Bonchev–Trinajstić information content (AvgIpc) is 2.16. The van der Waals surface area contributed by atoms with Gasteiger partial charge in [0.2, 0.25) is 0 Å². The molecule has 1 saturated heterocycles. The maximum absolute atomic E-state index is 11.0. The molecule has 2 N–H and O–H groups in total. The first-order chi connectivity index (χ1) is 7.43. The molecule has 1 rings (SSSR count). The van der Waals surface area contributed by atoms with Gasteiger partial charge in [-0.05, 0) is 34.1 Å². The van der Waals surface area contributed by atoms with Crippen molar-refractivity contribution in [2.45, 2.75) is 52.2 Å². The predicted molar refractivity (Wildman–Crippen MR) is 64.5 cm³/mol. The second-order valence-electron chi connectivity index (χ2n) is 5.22. The van der Waals surface area contributed by atoms with E-state index in [1.165, 1.54) is 0 Å². The Labute approximate surface area is 98.0 Å². The van der Waals surface area contributed by atoms with Gasteiger partial charge in [0.25, 0.3) is 0 Å². The van der Waals surface area contributed by atoms with Crippen molar-refractivity contribution < 1.29 is 9.90 Å². The van der Waals surface area contributed by atoms with Crippen LogP contribution >= 0.6 is 0 Å². The summed E-state index contributed by atoms with van der Waals surface area (Å²) in [6.45, 7) is 10.2. The maximum Gasteiger partial charge on any atom is 0.307 e. The molecule has 0 aliphatic carbocycles. The van der Waals surface area contributed by atoms with Crippen LogP contribution in [-0.2, 0) is 4.79 Å². The van der Waals surface area contributed by atoms with Crippen LogP contribution < -0.4 is 5.32 Å². The van der Waals surface area contributed by atoms with Crippen molar-refractivity contribution in [3.8, 4) is 0 Å². The third-order valence-electron chi connectivity index (χ3n) is 3.29. The minimum absolute atomic E-state index is 0.237. The lowest BCUT2D eigenvalue weighted by Gasteiger charge is -2.41. The number of hydrogen-bond donors (Lipinski definition) is 2. The van der Waals surface area contributed by atoms with Crippen molar-refractivity contribution >= 4 is 5.97 Å². The topological polar surface area (TPSA) is 52.6 Å². The van der Waals surface area contributed by atoms with Crippen LogP contribution in [0, 0.1) is 5.92 Å². The van der Waals surface area contributed by atoms with E-state index in [0.717, 1.165) is 13.0 Å². The molecule has 1 aliphatic rings. The molecular formula is C12H24N2O2. The Morgan fingerprint density at radius 2 is 1.81 bits per heavy atom. The molecule has 16 heavy (non-hydrogen) atoms. The largest absolute Gasteiger partial charge is 0.481 e. The zero-order valence-electron chi connectivity index (χ0n) is 10.7. The number of aliphatic carboxylic acids is 1. The van der Waals surface area contributed by atoms with Crippen LogP contribution in [0.5, 0.6) is 0 Å². The monoisotopic (exact) mass is 228 g/mol. The fourth-order valence-electron chi connectivity index (χ4n) is 2.77. The van der Waals surface area contributed by atoms with Crippen LogP contribution in [0.3, 0.4) is 0 Å². The molecule has 1 heterocycles. The van der Waals surface area contributed by atoms with Crippen LogP contribution in [-0.4, -0.2) is 47.2 Å². The number of nitrogens with zero attached hydrogens (tertiary/aromatic N) is 1. The van der Waals surface area contributed by atoms with Crippen molar-refractivity contribution in [2.75, 3.05) is 13.1 Å². The number of piperidine rings is 1. The summed E-state index contributed by atoms with van der Waals surface area (Å²) in [4.78, 5) is 13.4. The number of carboxylic acids is 1. The molecule has 0 spiro atoms. The summed E-state index contributed by atoms with van der Waals surface area (Å²) >= 11 is 0. The average molecular weight is 228 g/mol. The van der Waals surface area contributed by atoms with Gasteiger partial charge in [0.1, 0.15) is 0 Å². The van der Waals surface area contributed by atoms with Crippen molar-refractivity contribution in [1.82, 2.24) is 10.2 Å². The summed E-state index contributed by atoms with van der Waals surface area (Å²) in [6, 6.07) is 1.26. The lowest BCUT2D eigenvalue weighted by molar-refractivity contribution is -0.143. The molecule has 0 amide bonds. The van der Waals surface area contributed by atoms with Gasteiger partial charge in [0.15, 0.2) is 0 Å². The first-order valence-corrected chi connectivity index (χ1v) is 6.14. The van der Waals surface area contributed by atoms with E-state index >= 15 is 0 Å². The summed E-state index contributed by atoms with van der Waals surface area (Å²) in [7, 11) is 0. The van der Waals surface area contributed by atoms with Gasteiger partial charge >= 0.3 is 5.97 Å². The number of hydrogen-bond acceptors (Lipinski definition) is 3. The molecule has 0 bridgehead atoms. The summed E-state index contributed by atoms with van der Waals surface area (Å²) in [5, 5.41) is 12.3. The highest BCUT2D eigenvalue weighted by Crippen LogP contribution is 2.20. The molecule has 0 aromatic carbocycles. The third-order valence-corrected chi connectivity index (χ3v) is 3.29. The van der Waals surface area contributed by atoms with E-state index in [4.69, 9.17) is 5.11 Å². The lowest BCUT2D eigenvalue weighted by atomic mass is 9.93. The van der Waals surface area contributed by atoms with Crippen molar-refractivity contribution in [1.29, 1.82) is 0 Å². The Hall–Kier alpha value is -0.610. The lowest BCUT2D eigenvalue weighted by Crippen LogP contribution is -2.54. The fourth-order valence-corrected chi connectivity index (χ4v) is 2.77. The first kappa shape index (κ1) is 13.5. The number of rotatable bonds is 4. The van der Waals surface area contributed by atoms with Crippen LogP contribution in [0.1, 0.15) is 34.1 Å². The molecule has 4 heteroatoms. The Kier molecular flexibility index (Phi) is 4.74. The van der Waals surface area contributed by atoms with Crippen LogP contribution in [0.4, 0.5) is 0 Å². The van der Waals surface area contributed by atoms with Crippen molar-refractivity contribution in [3.63, 3.8) is 0 Å². The van der Waals surface area contributed by atoms with Crippen molar-refractivity contribution in [3.05, 3.63) is 0 Å². The molecule has 94 valence electrons. The normalized spacial score (nSPS) is 26.7. The van der Waals surface area contributed by atoms with E-state index in [-0.39, 0.29) is 5.92 Å². The molecule has 0 aromatic heterocycles. The maximum atomic E-state index is 11.0. The molecule has 1 fully saturated rings. The highest BCUT2D eigenvalue weighted by atomic mass is 16.4. The molecule has 1 aliphatic heterocycles. The quantitative estimate of drug-likeness (QED) is 0.758. The van der Waals surface area contributed by atoms with E-state index < -0.39 is 5.97 Å². The SMILES string of the molecule is CC(C)N(C(C)C)[C@@H]1CNC[C@@H](C(=O)O)C1. The van der Waals surface area contributed by atoms with Gasteiger partial charge in [-0.25, -0.2) is 0 Å². The fraction of sp³-hybridized carbons (Fsp3) is 0.917. The molecule has 0 radical (unpaired) electrons. The Morgan fingerprint density at radius 1 is 1.25 bits per heavy atom. The van der Waals surface area contributed by atoms with E-state index in [1.807, 2.05) is 0 Å². The smallest absolute Gasteiger partial charge is 0.307 e. The Morgan fingerprint density at radius 3 is 2.25 bits per heavy atom. The first-order valence-electron chi connectivity index (χ1n) is 6.14. The minimum atomic E-state index is -0.676. The number of nitrogens with one attached hydrogen (secondary N) is 1. The third kappa shape index (κ3) is 3.19. The van der Waals surface area contributed by atoms with Gasteiger partial charge in [-0.3, -0.25) is 9.69 Å². The minimum Gasteiger partial charge on any atom is -0.481 e. The highest BCUT2D eigenvalue weighted by molar-refractivity contribution is 5.70. The summed E-state index contributed by atoms with van der Waals surface area (Å²) in [6.07, 6.45) is 0.763. The van der Waals surface area contributed by atoms with E-state index in [1.54, 1.807) is 0 Å². The van der Waals surface area contributed by atoms with Gasteiger partial charge in [0.05, 0.1) is 5.92 Å². The Balaban J connectivity index is 2.67. The second kappa shape index (κ2) is 5.64. The summed E-state index contributed by atoms with van der Waals surface area (Å²) in [5.41, 5.74) is 0. The summed E-state index contributed by atoms with van der Waals surface area (Å²) in [5.74, 6) is -0.914. The van der Waals surface area contributed by atoms with Gasteiger partial charge in [-0.15, -0.1) is 0 Å². The zero-order valence-corrected chi connectivity index (χ0v) is 10.7. The van der Waals surface area contributed by atoms with Crippen LogP contribution in [0.15, 0.2) is 0 Å². The van der Waals surface area contributed by atoms with Gasteiger partial charge < -0.3 is 10.4 Å². The van der Waals surface area contributed by atoms with Crippen LogP contribution in [0.2, 0.25) is 0 Å². The van der Waals surface area contributed by atoms with Crippen molar-refractivity contribution in [2.24, 2.45) is 5.92 Å². The standard InChI is InChI=1S/C12H24N2O2/c1-8(2)14(9(3)4)11-5-10(12(15)16)6-13-7-11/h8-11,13H,5-7H2,1-4H3,(H,15,16)/t10-,11-/m0/s1. The van der Waals surface area contributed by atoms with E-state index in [2.05, 4.69) is 37.9 Å². The molecular weight excluding hydrogens is 204 g/mol. The van der Waals surface area contributed by atoms with E-state index in [9.17, 15) is 4.79 Å². The summed E-state index contributed by atoms with van der Waals surface area (Å²) < 4.78 is 0. The molecule has 0 unspecified atom stereocenters. The van der Waals surface area contributed by atoms with Gasteiger partial charge in [-0.1, -0.05) is 0 Å². The second-order valence-corrected chi connectivity index (χ2v) is 5.22. The Bertz CT molecular complexity index is 233. The predicted octanol–water partition coefficient (Wildman–Crippen LogP) is 1.17. The van der Waals surface area contributed by atoms with Gasteiger partial charge in [-0.2, -0.15) is 0 Å². The zero-order chi connectivity index (χ0) is 12.3. The molecule has 0 saturated carbocycles. The highest BCUT2D eigenvalue weighted by Gasteiger charge is 2.32.